The average molecular weight is 255 g/mol. The average Bonchev–Trinajstić information content (AvgIpc) is 2.36. The normalized spacial score (nSPS) is 13.7. The number of hydrogen-bond acceptors (Lipinski definition) is 1. The van der Waals surface area contributed by atoms with Crippen molar-refractivity contribution in [1.82, 2.24) is 4.98 Å². The molecule has 0 fully saturated rings. The molecule has 0 radical (unpaired) electrons. The van der Waals surface area contributed by atoms with E-state index in [1.807, 2.05) is 6.20 Å². The molecule has 1 heteroatoms. The van der Waals surface area contributed by atoms with Gasteiger partial charge in [0.15, 0.2) is 0 Å². The second-order valence-corrected chi connectivity index (χ2v) is 6.57. The Labute approximate surface area is 117 Å². The smallest absolute Gasteiger partial charge is 0.0707 e. The van der Waals surface area contributed by atoms with E-state index in [-0.39, 0.29) is 5.41 Å². The lowest BCUT2D eigenvalue weighted by molar-refractivity contribution is 0.591. The van der Waals surface area contributed by atoms with E-state index in [0.29, 0.717) is 5.92 Å². The lowest BCUT2D eigenvalue weighted by atomic mass is 9.85. The van der Waals surface area contributed by atoms with Crippen molar-refractivity contribution in [2.75, 3.05) is 0 Å². The Morgan fingerprint density at radius 1 is 1.16 bits per heavy atom. The molecule has 102 valence electrons. The van der Waals surface area contributed by atoms with Crippen molar-refractivity contribution in [1.29, 1.82) is 0 Å². The fourth-order valence-corrected chi connectivity index (χ4v) is 2.65. The van der Waals surface area contributed by atoms with E-state index in [0.717, 1.165) is 5.52 Å². The minimum absolute atomic E-state index is 0.181. The van der Waals surface area contributed by atoms with Crippen LogP contribution in [0, 0.1) is 0 Å². The van der Waals surface area contributed by atoms with E-state index in [9.17, 15) is 0 Å². The molecule has 0 saturated carbocycles. The maximum atomic E-state index is 4.56. The summed E-state index contributed by atoms with van der Waals surface area (Å²) >= 11 is 0. The highest BCUT2D eigenvalue weighted by atomic mass is 14.6. The molecule has 0 aliphatic carbocycles. The van der Waals surface area contributed by atoms with Crippen LogP contribution in [0.1, 0.15) is 64.5 Å². The van der Waals surface area contributed by atoms with Gasteiger partial charge in [-0.1, -0.05) is 53.2 Å². The summed E-state index contributed by atoms with van der Waals surface area (Å²) in [6, 6.07) is 8.94. The number of pyridine rings is 1. The third-order valence-corrected chi connectivity index (χ3v) is 3.90. The summed E-state index contributed by atoms with van der Waals surface area (Å²) in [7, 11) is 0. The van der Waals surface area contributed by atoms with Gasteiger partial charge in [-0.15, -0.1) is 0 Å². The summed E-state index contributed by atoms with van der Waals surface area (Å²) in [5.41, 5.74) is 4.11. The van der Waals surface area contributed by atoms with Gasteiger partial charge in [0.05, 0.1) is 5.52 Å². The number of benzene rings is 1. The van der Waals surface area contributed by atoms with Crippen LogP contribution in [0.3, 0.4) is 0 Å². The zero-order valence-corrected chi connectivity index (χ0v) is 12.8. The lowest BCUT2D eigenvalue weighted by Gasteiger charge is -2.20. The predicted octanol–water partition coefficient (Wildman–Crippen LogP) is 5.44. The van der Waals surface area contributed by atoms with Gasteiger partial charge in [0.2, 0.25) is 0 Å². The fraction of sp³-hybridized carbons (Fsp3) is 0.500. The molecule has 1 unspecified atom stereocenters. The van der Waals surface area contributed by atoms with Crippen molar-refractivity contribution in [2.24, 2.45) is 0 Å². The summed E-state index contributed by atoms with van der Waals surface area (Å²) in [6.07, 6.45) is 4.42. The minimum atomic E-state index is 0.181. The molecule has 0 saturated heterocycles. The SMILES string of the molecule is CCCC(C)c1ccnc2cc(C(C)(C)C)ccc12. The van der Waals surface area contributed by atoms with E-state index in [4.69, 9.17) is 0 Å². The Balaban J connectivity index is 2.53. The Kier molecular flexibility index (Phi) is 3.93. The van der Waals surface area contributed by atoms with Gasteiger partial charge in [-0.3, -0.25) is 4.98 Å². The molecule has 1 nitrogen and oxygen atoms in total. The standard InChI is InChI=1S/C18H25N/c1-6-7-13(2)15-10-11-19-17-12-14(18(3,4)5)8-9-16(15)17/h8-13H,6-7H2,1-5H3. The van der Waals surface area contributed by atoms with Crippen molar-refractivity contribution in [3.63, 3.8) is 0 Å². The van der Waals surface area contributed by atoms with Gasteiger partial charge >= 0.3 is 0 Å². The molecule has 1 aromatic carbocycles. The first-order valence-corrected chi connectivity index (χ1v) is 7.32. The molecule has 0 amide bonds. The molecule has 0 N–H and O–H groups in total. The summed E-state index contributed by atoms with van der Waals surface area (Å²) in [5, 5.41) is 1.32. The monoisotopic (exact) mass is 255 g/mol. The van der Waals surface area contributed by atoms with Crippen molar-refractivity contribution in [2.45, 2.75) is 58.8 Å². The predicted molar refractivity (Wildman–Crippen MR) is 83.8 cm³/mol. The molecule has 0 aliphatic rings. The lowest BCUT2D eigenvalue weighted by Crippen LogP contribution is -2.11. The topological polar surface area (TPSA) is 12.9 Å². The highest BCUT2D eigenvalue weighted by molar-refractivity contribution is 5.83. The molecule has 1 heterocycles. The quantitative estimate of drug-likeness (QED) is 0.712. The second-order valence-electron chi connectivity index (χ2n) is 6.57. The second kappa shape index (κ2) is 5.32. The molecule has 2 aromatic rings. The Hall–Kier alpha value is -1.37. The van der Waals surface area contributed by atoms with Gasteiger partial charge in [0, 0.05) is 11.6 Å². The van der Waals surface area contributed by atoms with Crippen LogP contribution in [-0.4, -0.2) is 4.98 Å². The van der Waals surface area contributed by atoms with Crippen molar-refractivity contribution in [3.05, 3.63) is 41.6 Å². The number of fused-ring (bicyclic) bond motifs is 1. The Bertz CT molecular complexity index is 563. The summed E-state index contributed by atoms with van der Waals surface area (Å²) in [4.78, 5) is 4.56. The van der Waals surface area contributed by atoms with Crippen LogP contribution in [0.4, 0.5) is 0 Å². The summed E-state index contributed by atoms with van der Waals surface area (Å²) in [6.45, 7) is 11.3. The molecular weight excluding hydrogens is 230 g/mol. The van der Waals surface area contributed by atoms with Gasteiger partial charge in [0.1, 0.15) is 0 Å². The van der Waals surface area contributed by atoms with Crippen LogP contribution >= 0.6 is 0 Å². The van der Waals surface area contributed by atoms with E-state index >= 15 is 0 Å². The highest BCUT2D eigenvalue weighted by Gasteiger charge is 2.15. The van der Waals surface area contributed by atoms with Crippen LogP contribution in [-0.2, 0) is 5.41 Å². The Morgan fingerprint density at radius 3 is 2.53 bits per heavy atom. The molecule has 19 heavy (non-hydrogen) atoms. The zero-order valence-electron chi connectivity index (χ0n) is 12.8. The van der Waals surface area contributed by atoms with E-state index in [1.54, 1.807) is 0 Å². The van der Waals surface area contributed by atoms with E-state index in [1.165, 1.54) is 29.4 Å². The molecular formula is C18H25N. The number of rotatable bonds is 3. The molecule has 0 bridgehead atoms. The molecule has 1 aromatic heterocycles. The van der Waals surface area contributed by atoms with Gasteiger partial charge < -0.3 is 0 Å². The van der Waals surface area contributed by atoms with Crippen LogP contribution in [0.2, 0.25) is 0 Å². The maximum absolute atomic E-state index is 4.56. The van der Waals surface area contributed by atoms with Crippen molar-refractivity contribution < 1.29 is 0 Å². The Morgan fingerprint density at radius 2 is 1.89 bits per heavy atom. The van der Waals surface area contributed by atoms with Crippen molar-refractivity contribution in [3.8, 4) is 0 Å². The molecule has 0 spiro atoms. The third kappa shape index (κ3) is 2.97. The third-order valence-electron chi connectivity index (χ3n) is 3.90. The first kappa shape index (κ1) is 14.0. The highest BCUT2D eigenvalue weighted by Crippen LogP contribution is 2.30. The van der Waals surface area contributed by atoms with Crippen LogP contribution < -0.4 is 0 Å². The maximum Gasteiger partial charge on any atom is 0.0707 e. The minimum Gasteiger partial charge on any atom is -0.256 e. The molecule has 0 aliphatic heterocycles. The summed E-state index contributed by atoms with van der Waals surface area (Å²) < 4.78 is 0. The van der Waals surface area contributed by atoms with Crippen LogP contribution in [0.15, 0.2) is 30.5 Å². The van der Waals surface area contributed by atoms with Gasteiger partial charge in [-0.25, -0.2) is 0 Å². The first-order valence-electron chi connectivity index (χ1n) is 7.32. The van der Waals surface area contributed by atoms with Crippen LogP contribution in [0.25, 0.3) is 10.9 Å². The fourth-order valence-electron chi connectivity index (χ4n) is 2.65. The number of hydrogen-bond donors (Lipinski definition) is 0. The number of nitrogens with zero attached hydrogens (tertiary/aromatic N) is 1. The van der Waals surface area contributed by atoms with Gasteiger partial charge in [-0.05, 0) is 41.0 Å². The van der Waals surface area contributed by atoms with Crippen LogP contribution in [0.5, 0.6) is 0 Å². The molecule has 1 atom stereocenters. The van der Waals surface area contributed by atoms with Gasteiger partial charge in [0.25, 0.3) is 0 Å². The van der Waals surface area contributed by atoms with E-state index < -0.39 is 0 Å². The largest absolute Gasteiger partial charge is 0.256 e. The van der Waals surface area contributed by atoms with Crippen molar-refractivity contribution >= 4 is 10.9 Å². The summed E-state index contributed by atoms with van der Waals surface area (Å²) in [5.74, 6) is 0.607. The number of aromatic nitrogens is 1. The van der Waals surface area contributed by atoms with E-state index in [2.05, 4.69) is 63.9 Å². The molecule has 2 rings (SSSR count). The zero-order chi connectivity index (χ0) is 14.0. The first-order chi connectivity index (χ1) is 8.93. The van der Waals surface area contributed by atoms with Gasteiger partial charge in [-0.2, -0.15) is 0 Å².